The maximum Gasteiger partial charge on any atom is 0.0801 e. The lowest BCUT2D eigenvalue weighted by Crippen LogP contribution is -2.16. The Morgan fingerprint density at radius 3 is 2.71 bits per heavy atom. The van der Waals surface area contributed by atoms with Gasteiger partial charge in [0.15, 0.2) is 0 Å². The predicted octanol–water partition coefficient (Wildman–Crippen LogP) is 6.63. The first kappa shape index (κ1) is 17.0. The van der Waals surface area contributed by atoms with Gasteiger partial charge < -0.3 is 4.90 Å². The zero-order valence-corrected chi connectivity index (χ0v) is 15.7. The number of benzene rings is 2. The fourth-order valence-electron chi connectivity index (χ4n) is 2.59. The van der Waals surface area contributed by atoms with Crippen molar-refractivity contribution in [3.63, 3.8) is 0 Å². The number of thioether (sulfide) groups is 2. The number of rotatable bonds is 5. The Balaban J connectivity index is 1.68. The van der Waals surface area contributed by atoms with Crippen molar-refractivity contribution in [3.8, 4) is 0 Å². The molecular weight excluding hydrogens is 330 g/mol. The molecule has 0 amide bonds. The van der Waals surface area contributed by atoms with E-state index in [9.17, 15) is 0 Å². The lowest BCUT2D eigenvalue weighted by atomic mass is 10.2. The van der Waals surface area contributed by atoms with Crippen LogP contribution in [0.4, 0.5) is 5.69 Å². The highest BCUT2D eigenvalue weighted by atomic mass is 32.2. The Labute approximate surface area is 153 Å². The van der Waals surface area contributed by atoms with Gasteiger partial charge in [-0.15, -0.1) is 0 Å². The van der Waals surface area contributed by atoms with E-state index in [0.29, 0.717) is 0 Å². The molecule has 1 heterocycles. The molecule has 0 bridgehead atoms. The van der Waals surface area contributed by atoms with Crippen molar-refractivity contribution < 1.29 is 0 Å². The molecule has 0 N–H and O–H groups in total. The van der Waals surface area contributed by atoms with Gasteiger partial charge in [-0.25, -0.2) is 0 Å². The molecule has 0 saturated carbocycles. The molecule has 0 aromatic heterocycles. The number of fused-ring (bicyclic) bond motifs is 1. The second-order valence-corrected chi connectivity index (χ2v) is 7.74. The lowest BCUT2D eigenvalue weighted by Gasteiger charge is -2.17. The maximum absolute atomic E-state index is 4.16. The molecule has 0 aliphatic carbocycles. The molecule has 0 radical (unpaired) electrons. The van der Waals surface area contributed by atoms with Crippen LogP contribution >= 0.6 is 23.5 Å². The highest BCUT2D eigenvalue weighted by molar-refractivity contribution is 8.03. The van der Waals surface area contributed by atoms with E-state index in [0.717, 1.165) is 11.4 Å². The van der Waals surface area contributed by atoms with Crippen LogP contribution in [0.3, 0.4) is 0 Å². The summed E-state index contributed by atoms with van der Waals surface area (Å²) in [6, 6.07) is 17.0. The molecule has 0 fully saturated rings. The molecule has 0 atom stereocenters. The van der Waals surface area contributed by atoms with Crippen LogP contribution in [0.5, 0.6) is 0 Å². The van der Waals surface area contributed by atoms with E-state index in [-0.39, 0.29) is 0 Å². The summed E-state index contributed by atoms with van der Waals surface area (Å²) < 4.78 is 0. The fraction of sp³-hybridized carbons (Fsp3) is 0.143. The summed E-state index contributed by atoms with van der Waals surface area (Å²) in [5.41, 5.74) is 2.59. The number of aryl methyl sites for hydroxylation is 1. The molecule has 0 spiro atoms. The van der Waals surface area contributed by atoms with Crippen LogP contribution in [0, 0.1) is 6.92 Å². The molecule has 0 unspecified atom stereocenters. The molecule has 1 nitrogen and oxygen atoms in total. The van der Waals surface area contributed by atoms with Gasteiger partial charge in [0.2, 0.25) is 0 Å². The highest BCUT2D eigenvalue weighted by Crippen LogP contribution is 2.45. The van der Waals surface area contributed by atoms with Gasteiger partial charge in [-0.3, -0.25) is 0 Å². The summed E-state index contributed by atoms with van der Waals surface area (Å²) in [5, 5.41) is 1.27. The number of hydrogen-bond acceptors (Lipinski definition) is 3. The van der Waals surface area contributed by atoms with Crippen LogP contribution in [0.1, 0.15) is 12.5 Å². The van der Waals surface area contributed by atoms with Gasteiger partial charge in [0.1, 0.15) is 0 Å². The summed E-state index contributed by atoms with van der Waals surface area (Å²) in [7, 11) is 0. The van der Waals surface area contributed by atoms with Gasteiger partial charge in [0.05, 0.1) is 10.7 Å². The smallest absolute Gasteiger partial charge is 0.0801 e. The fourth-order valence-corrected chi connectivity index (χ4v) is 4.53. The normalized spacial score (nSPS) is 15.2. The molecule has 1 aliphatic rings. The van der Waals surface area contributed by atoms with E-state index in [2.05, 4.69) is 92.1 Å². The molecule has 0 saturated heterocycles. The number of allylic oxidation sites excluding steroid dienone is 3. The standard InChI is InChI=1S/C21H21NS2/c1-4-22-18-12-6-8-14-20(18)24-21(22)15-9-11-17(3)23-19-13-7-5-10-16(19)2/h5-15H,3-4H2,1-2H3/b11-9+,21-15-. The maximum atomic E-state index is 4.16. The van der Waals surface area contributed by atoms with Crippen LogP contribution in [0.25, 0.3) is 0 Å². The number of anilines is 1. The second-order valence-electron chi connectivity index (χ2n) is 5.51. The first-order chi connectivity index (χ1) is 11.7. The van der Waals surface area contributed by atoms with Crippen molar-refractivity contribution in [3.05, 3.63) is 88.8 Å². The first-order valence-corrected chi connectivity index (χ1v) is 9.67. The Hall–Kier alpha value is -1.84. The minimum absolute atomic E-state index is 0.975. The van der Waals surface area contributed by atoms with Crippen LogP contribution in [0.2, 0.25) is 0 Å². The van der Waals surface area contributed by atoms with E-state index in [1.54, 1.807) is 11.8 Å². The monoisotopic (exact) mass is 351 g/mol. The van der Waals surface area contributed by atoms with Crippen molar-refractivity contribution in [1.82, 2.24) is 0 Å². The third kappa shape index (κ3) is 3.80. The van der Waals surface area contributed by atoms with E-state index < -0.39 is 0 Å². The minimum Gasteiger partial charge on any atom is -0.335 e. The van der Waals surface area contributed by atoms with E-state index in [1.165, 1.54) is 26.1 Å². The number of para-hydroxylation sites is 1. The average molecular weight is 352 g/mol. The molecule has 1 aliphatic heterocycles. The van der Waals surface area contributed by atoms with Gasteiger partial charge in [0.25, 0.3) is 0 Å². The first-order valence-electron chi connectivity index (χ1n) is 8.04. The summed E-state index contributed by atoms with van der Waals surface area (Å²) in [5.74, 6) is 0. The van der Waals surface area contributed by atoms with E-state index >= 15 is 0 Å². The van der Waals surface area contributed by atoms with Crippen LogP contribution in [0.15, 0.2) is 93.1 Å². The zero-order valence-electron chi connectivity index (χ0n) is 14.0. The summed E-state index contributed by atoms with van der Waals surface area (Å²) in [4.78, 5) is 5.98. The summed E-state index contributed by atoms with van der Waals surface area (Å²) >= 11 is 3.54. The van der Waals surface area contributed by atoms with Crippen LogP contribution < -0.4 is 4.90 Å². The van der Waals surface area contributed by atoms with Crippen molar-refractivity contribution in [1.29, 1.82) is 0 Å². The summed E-state index contributed by atoms with van der Waals surface area (Å²) in [6.07, 6.45) is 6.36. The molecule has 2 aromatic rings. The molecule has 3 heteroatoms. The van der Waals surface area contributed by atoms with Gasteiger partial charge in [0, 0.05) is 21.2 Å². The highest BCUT2D eigenvalue weighted by Gasteiger charge is 2.22. The second kappa shape index (κ2) is 7.82. The quantitative estimate of drug-likeness (QED) is 0.439. The third-order valence-electron chi connectivity index (χ3n) is 3.81. The van der Waals surface area contributed by atoms with Crippen LogP contribution in [-0.2, 0) is 0 Å². The van der Waals surface area contributed by atoms with Gasteiger partial charge in [-0.05, 0) is 49.8 Å². The van der Waals surface area contributed by atoms with Gasteiger partial charge in [-0.2, -0.15) is 0 Å². The molecular formula is C21H21NS2. The van der Waals surface area contributed by atoms with Gasteiger partial charge >= 0.3 is 0 Å². The Kier molecular flexibility index (Phi) is 5.54. The molecule has 122 valence electrons. The van der Waals surface area contributed by atoms with Crippen molar-refractivity contribution in [2.75, 3.05) is 11.4 Å². The Bertz CT molecular complexity index is 805. The average Bonchev–Trinajstić information content (AvgIpc) is 2.94. The van der Waals surface area contributed by atoms with Crippen molar-refractivity contribution in [2.24, 2.45) is 0 Å². The van der Waals surface area contributed by atoms with Crippen molar-refractivity contribution >= 4 is 29.2 Å². The largest absolute Gasteiger partial charge is 0.335 e. The van der Waals surface area contributed by atoms with Crippen LogP contribution in [-0.4, -0.2) is 6.54 Å². The number of nitrogens with zero attached hydrogens (tertiary/aromatic N) is 1. The molecule has 3 rings (SSSR count). The zero-order chi connectivity index (χ0) is 16.9. The summed E-state index contributed by atoms with van der Waals surface area (Å²) in [6.45, 7) is 9.45. The van der Waals surface area contributed by atoms with E-state index in [4.69, 9.17) is 0 Å². The Morgan fingerprint density at radius 2 is 1.92 bits per heavy atom. The Morgan fingerprint density at radius 1 is 1.17 bits per heavy atom. The van der Waals surface area contributed by atoms with Gasteiger partial charge in [-0.1, -0.05) is 66.5 Å². The third-order valence-corrected chi connectivity index (χ3v) is 6.02. The predicted molar refractivity (Wildman–Crippen MR) is 109 cm³/mol. The minimum atomic E-state index is 0.975. The lowest BCUT2D eigenvalue weighted by molar-refractivity contribution is 1.00. The van der Waals surface area contributed by atoms with Crippen molar-refractivity contribution in [2.45, 2.75) is 23.6 Å². The van der Waals surface area contributed by atoms with E-state index in [1.807, 2.05) is 11.8 Å². The number of hydrogen-bond donors (Lipinski definition) is 0. The molecule has 2 aromatic carbocycles. The topological polar surface area (TPSA) is 3.24 Å². The SMILES string of the molecule is C=C(/C=C/C=C1\Sc2ccccc2N1CC)Sc1ccccc1C. The molecule has 24 heavy (non-hydrogen) atoms.